The van der Waals surface area contributed by atoms with Crippen LogP contribution in [0.1, 0.15) is 12.6 Å². The number of hydrogen-bond acceptors (Lipinski definition) is 6. The van der Waals surface area contributed by atoms with E-state index in [1.807, 2.05) is 34.5 Å². The predicted molar refractivity (Wildman–Crippen MR) is 101 cm³/mol. The van der Waals surface area contributed by atoms with Crippen molar-refractivity contribution in [1.29, 1.82) is 0 Å². The van der Waals surface area contributed by atoms with E-state index in [0.717, 1.165) is 27.7 Å². The van der Waals surface area contributed by atoms with E-state index >= 15 is 0 Å². The molecule has 0 radical (unpaired) electrons. The van der Waals surface area contributed by atoms with Gasteiger partial charge in [0.2, 0.25) is 0 Å². The van der Waals surface area contributed by atoms with Gasteiger partial charge in [-0.1, -0.05) is 0 Å². The monoisotopic (exact) mass is 374 g/mol. The molecular weight excluding hydrogens is 352 g/mol. The minimum absolute atomic E-state index is 0.413. The van der Waals surface area contributed by atoms with Crippen LogP contribution in [0.3, 0.4) is 0 Å². The van der Waals surface area contributed by atoms with E-state index in [9.17, 15) is 9.90 Å². The Labute approximate surface area is 156 Å². The standard InChI is InChI=1S/C19H22N2O4S/c1-19(18(22)23)10-16(21(12-19)8-9-24-2)15-11-26-17(20-15)13-4-6-14(25-3)7-5-13/h4-7,10-11H,8-9,12H2,1-3H3,(H,22,23). The van der Waals surface area contributed by atoms with Crippen molar-refractivity contribution >= 4 is 23.0 Å². The van der Waals surface area contributed by atoms with E-state index in [-0.39, 0.29) is 0 Å². The first-order valence-electron chi connectivity index (χ1n) is 8.27. The second-order valence-electron chi connectivity index (χ2n) is 6.43. The van der Waals surface area contributed by atoms with Crippen LogP contribution < -0.4 is 4.74 Å². The first-order valence-corrected chi connectivity index (χ1v) is 9.15. The van der Waals surface area contributed by atoms with Gasteiger partial charge in [-0.15, -0.1) is 11.3 Å². The third-order valence-corrected chi connectivity index (χ3v) is 5.36. The van der Waals surface area contributed by atoms with E-state index in [0.29, 0.717) is 19.7 Å². The molecule has 1 aromatic heterocycles. The highest BCUT2D eigenvalue weighted by Crippen LogP contribution is 2.38. The normalized spacial score (nSPS) is 19.5. The molecule has 0 saturated heterocycles. The third-order valence-electron chi connectivity index (χ3n) is 4.47. The van der Waals surface area contributed by atoms with Crippen LogP contribution in [0.5, 0.6) is 5.75 Å². The van der Waals surface area contributed by atoms with Gasteiger partial charge in [0, 0.05) is 31.1 Å². The van der Waals surface area contributed by atoms with Crippen LogP contribution in [0.2, 0.25) is 0 Å². The molecule has 0 amide bonds. The number of carboxylic acid groups (broad SMARTS) is 1. The predicted octanol–water partition coefficient (Wildman–Crippen LogP) is 3.21. The average Bonchev–Trinajstić information content (AvgIpc) is 3.25. The number of hydrogen-bond donors (Lipinski definition) is 1. The molecule has 2 heterocycles. The second kappa shape index (κ2) is 7.47. The minimum Gasteiger partial charge on any atom is -0.497 e. The van der Waals surface area contributed by atoms with Crippen LogP contribution in [-0.2, 0) is 9.53 Å². The number of carbonyl (C=O) groups is 1. The molecule has 6 nitrogen and oxygen atoms in total. The maximum atomic E-state index is 11.7. The highest BCUT2D eigenvalue weighted by molar-refractivity contribution is 7.13. The summed E-state index contributed by atoms with van der Waals surface area (Å²) in [6, 6.07) is 7.73. The maximum Gasteiger partial charge on any atom is 0.315 e. The van der Waals surface area contributed by atoms with Gasteiger partial charge in [-0.3, -0.25) is 4.79 Å². The zero-order chi connectivity index (χ0) is 18.7. The largest absolute Gasteiger partial charge is 0.497 e. The smallest absolute Gasteiger partial charge is 0.315 e. The molecule has 138 valence electrons. The number of ether oxygens (including phenoxy) is 2. The van der Waals surface area contributed by atoms with Crippen molar-refractivity contribution in [2.75, 3.05) is 33.9 Å². The fourth-order valence-corrected chi connectivity index (χ4v) is 3.76. The Morgan fingerprint density at radius 2 is 2.08 bits per heavy atom. The number of nitrogens with zero attached hydrogens (tertiary/aromatic N) is 2. The van der Waals surface area contributed by atoms with Gasteiger partial charge < -0.3 is 19.5 Å². The molecule has 1 aliphatic rings. The van der Waals surface area contributed by atoms with Gasteiger partial charge in [-0.2, -0.15) is 0 Å². The quantitative estimate of drug-likeness (QED) is 0.802. The van der Waals surface area contributed by atoms with Crippen molar-refractivity contribution in [1.82, 2.24) is 9.88 Å². The lowest BCUT2D eigenvalue weighted by Gasteiger charge is -2.24. The molecular formula is C19H22N2O4S. The molecule has 0 saturated carbocycles. The summed E-state index contributed by atoms with van der Waals surface area (Å²) < 4.78 is 10.4. The first kappa shape index (κ1) is 18.4. The van der Waals surface area contributed by atoms with Crippen molar-refractivity contribution in [3.8, 4) is 16.3 Å². The number of benzene rings is 1. The molecule has 1 aromatic carbocycles. The van der Waals surface area contributed by atoms with Gasteiger partial charge in [0.1, 0.15) is 16.2 Å². The summed E-state index contributed by atoms with van der Waals surface area (Å²) in [5.74, 6) is -0.0347. The summed E-state index contributed by atoms with van der Waals surface area (Å²) in [4.78, 5) is 18.4. The molecule has 0 bridgehead atoms. The van der Waals surface area contributed by atoms with Gasteiger partial charge in [0.25, 0.3) is 0 Å². The van der Waals surface area contributed by atoms with Crippen molar-refractivity contribution in [3.63, 3.8) is 0 Å². The molecule has 1 aliphatic heterocycles. The zero-order valence-corrected chi connectivity index (χ0v) is 15.9. The van der Waals surface area contributed by atoms with E-state index in [4.69, 9.17) is 14.5 Å². The van der Waals surface area contributed by atoms with Gasteiger partial charge >= 0.3 is 5.97 Å². The highest BCUT2D eigenvalue weighted by atomic mass is 32.1. The van der Waals surface area contributed by atoms with Crippen molar-refractivity contribution in [2.24, 2.45) is 5.41 Å². The van der Waals surface area contributed by atoms with E-state index in [2.05, 4.69) is 0 Å². The Bertz CT molecular complexity index is 815. The van der Waals surface area contributed by atoms with E-state index in [1.54, 1.807) is 27.2 Å². The Hall–Kier alpha value is -2.38. The number of thiazole rings is 1. The van der Waals surface area contributed by atoms with E-state index in [1.165, 1.54) is 11.3 Å². The Morgan fingerprint density at radius 1 is 1.35 bits per heavy atom. The molecule has 0 spiro atoms. The molecule has 1 N–H and O–H groups in total. The maximum absolute atomic E-state index is 11.7. The SMILES string of the molecule is COCCN1CC(C)(C(=O)O)C=C1c1csc(-c2ccc(OC)cc2)n1. The lowest BCUT2D eigenvalue weighted by Crippen LogP contribution is -2.34. The fraction of sp³-hybridized carbons (Fsp3) is 0.368. The van der Waals surface area contributed by atoms with Crippen molar-refractivity contribution in [3.05, 3.63) is 41.4 Å². The molecule has 1 unspecified atom stereocenters. The van der Waals surface area contributed by atoms with Crippen LogP contribution in [0.25, 0.3) is 16.3 Å². The topological polar surface area (TPSA) is 71.9 Å². The molecule has 0 fully saturated rings. The molecule has 26 heavy (non-hydrogen) atoms. The lowest BCUT2D eigenvalue weighted by molar-refractivity contribution is -0.145. The number of rotatable bonds is 7. The fourth-order valence-electron chi connectivity index (χ4n) is 2.94. The van der Waals surface area contributed by atoms with Crippen LogP contribution in [0.15, 0.2) is 35.7 Å². The van der Waals surface area contributed by atoms with Crippen LogP contribution in [-0.4, -0.2) is 54.9 Å². The van der Waals surface area contributed by atoms with Gasteiger partial charge in [-0.05, 0) is 37.3 Å². The average molecular weight is 374 g/mol. The first-order chi connectivity index (χ1) is 12.5. The van der Waals surface area contributed by atoms with Crippen LogP contribution in [0.4, 0.5) is 0 Å². The summed E-state index contributed by atoms with van der Waals surface area (Å²) in [6.07, 6.45) is 1.80. The Balaban J connectivity index is 1.90. The van der Waals surface area contributed by atoms with Crippen molar-refractivity contribution < 1.29 is 19.4 Å². The molecule has 1 atom stereocenters. The van der Waals surface area contributed by atoms with Crippen molar-refractivity contribution in [2.45, 2.75) is 6.92 Å². The number of methoxy groups -OCH3 is 2. The summed E-state index contributed by atoms with van der Waals surface area (Å²) in [5.41, 5.74) is 1.72. The molecule has 2 aromatic rings. The molecule has 3 rings (SSSR count). The highest BCUT2D eigenvalue weighted by Gasteiger charge is 2.40. The third kappa shape index (κ3) is 3.59. The van der Waals surface area contributed by atoms with E-state index < -0.39 is 11.4 Å². The Morgan fingerprint density at radius 3 is 2.69 bits per heavy atom. The van der Waals surface area contributed by atoms with Crippen LogP contribution in [0, 0.1) is 5.41 Å². The lowest BCUT2D eigenvalue weighted by atomic mass is 9.92. The van der Waals surface area contributed by atoms with Crippen LogP contribution >= 0.6 is 11.3 Å². The molecule has 0 aliphatic carbocycles. The summed E-state index contributed by atoms with van der Waals surface area (Å²) in [7, 11) is 3.28. The summed E-state index contributed by atoms with van der Waals surface area (Å²) in [6.45, 7) is 3.30. The Kier molecular flexibility index (Phi) is 5.29. The van der Waals surface area contributed by atoms with Gasteiger partial charge in [0.15, 0.2) is 0 Å². The van der Waals surface area contributed by atoms with Gasteiger partial charge in [-0.25, -0.2) is 4.98 Å². The number of aliphatic carboxylic acids is 1. The second-order valence-corrected chi connectivity index (χ2v) is 7.29. The summed E-state index contributed by atoms with van der Waals surface area (Å²) >= 11 is 1.54. The number of aromatic nitrogens is 1. The number of carboxylic acids is 1. The van der Waals surface area contributed by atoms with Gasteiger partial charge in [0.05, 0.1) is 25.1 Å². The zero-order valence-electron chi connectivity index (χ0n) is 15.1. The minimum atomic E-state index is -0.924. The summed E-state index contributed by atoms with van der Waals surface area (Å²) in [5, 5.41) is 12.4. The molecule has 7 heteroatoms.